The first-order chi connectivity index (χ1) is 6.38. The highest BCUT2D eigenvalue weighted by atomic mass is 15.2. The van der Waals surface area contributed by atoms with E-state index in [4.69, 9.17) is 0 Å². The lowest BCUT2D eigenvalue weighted by Crippen LogP contribution is -2.51. The Morgan fingerprint density at radius 3 is 2.85 bits per heavy atom. The van der Waals surface area contributed by atoms with Gasteiger partial charge in [-0.3, -0.25) is 4.90 Å². The van der Waals surface area contributed by atoms with Gasteiger partial charge in [0.05, 0.1) is 0 Å². The van der Waals surface area contributed by atoms with Crippen molar-refractivity contribution in [2.75, 3.05) is 26.2 Å². The molecule has 13 heavy (non-hydrogen) atoms. The second-order valence-corrected chi connectivity index (χ2v) is 4.04. The molecule has 1 heterocycles. The van der Waals surface area contributed by atoms with Crippen molar-refractivity contribution in [2.45, 2.75) is 45.6 Å². The third-order valence-corrected chi connectivity index (χ3v) is 2.89. The van der Waals surface area contributed by atoms with Gasteiger partial charge >= 0.3 is 0 Å². The van der Waals surface area contributed by atoms with Crippen LogP contribution in [0.2, 0.25) is 0 Å². The molecule has 1 unspecified atom stereocenters. The van der Waals surface area contributed by atoms with Crippen LogP contribution in [0.1, 0.15) is 39.5 Å². The highest BCUT2D eigenvalue weighted by Crippen LogP contribution is 2.10. The van der Waals surface area contributed by atoms with Crippen LogP contribution in [0, 0.1) is 0 Å². The first kappa shape index (κ1) is 11.0. The maximum Gasteiger partial charge on any atom is 0.0221 e. The minimum atomic E-state index is 0.810. The fraction of sp³-hybridized carbons (Fsp3) is 1.00. The maximum absolute atomic E-state index is 3.48. The molecule has 0 saturated carbocycles. The first-order valence-electron chi connectivity index (χ1n) is 5.83. The maximum atomic E-state index is 3.48. The molecular weight excluding hydrogens is 160 g/mol. The molecule has 0 aromatic carbocycles. The number of nitrogens with zero attached hydrogens (tertiary/aromatic N) is 1. The van der Waals surface area contributed by atoms with Crippen molar-refractivity contribution in [3.63, 3.8) is 0 Å². The van der Waals surface area contributed by atoms with Gasteiger partial charge < -0.3 is 5.32 Å². The lowest BCUT2D eigenvalue weighted by molar-refractivity contribution is 0.150. The van der Waals surface area contributed by atoms with Crippen LogP contribution in [0.4, 0.5) is 0 Å². The normalized spacial score (nSPS) is 24.9. The summed E-state index contributed by atoms with van der Waals surface area (Å²) < 4.78 is 0. The zero-order valence-electron chi connectivity index (χ0n) is 9.18. The quantitative estimate of drug-likeness (QED) is 0.701. The van der Waals surface area contributed by atoms with Crippen molar-refractivity contribution in [2.24, 2.45) is 0 Å². The SMILES string of the molecule is CCCCN1CCNCC1CCC. The van der Waals surface area contributed by atoms with E-state index < -0.39 is 0 Å². The molecule has 0 amide bonds. The average Bonchev–Trinajstić information content (AvgIpc) is 2.17. The fourth-order valence-corrected chi connectivity index (χ4v) is 2.08. The predicted octanol–water partition coefficient (Wildman–Crippen LogP) is 1.86. The lowest BCUT2D eigenvalue weighted by Gasteiger charge is -2.36. The van der Waals surface area contributed by atoms with E-state index in [9.17, 15) is 0 Å². The van der Waals surface area contributed by atoms with E-state index in [2.05, 4.69) is 24.1 Å². The highest BCUT2D eigenvalue weighted by molar-refractivity contribution is 4.78. The van der Waals surface area contributed by atoms with Gasteiger partial charge in [-0.25, -0.2) is 0 Å². The molecule has 0 aromatic rings. The van der Waals surface area contributed by atoms with E-state index in [1.807, 2.05) is 0 Å². The third kappa shape index (κ3) is 3.65. The molecule has 2 heteroatoms. The topological polar surface area (TPSA) is 15.3 Å². The van der Waals surface area contributed by atoms with Gasteiger partial charge in [-0.15, -0.1) is 0 Å². The Kier molecular flexibility index (Phi) is 5.40. The smallest absolute Gasteiger partial charge is 0.0221 e. The summed E-state index contributed by atoms with van der Waals surface area (Å²) in [5, 5.41) is 3.48. The van der Waals surface area contributed by atoms with Crippen LogP contribution in [-0.4, -0.2) is 37.1 Å². The Hall–Kier alpha value is -0.0800. The van der Waals surface area contributed by atoms with Gasteiger partial charge in [-0.2, -0.15) is 0 Å². The summed E-state index contributed by atoms with van der Waals surface area (Å²) in [5.74, 6) is 0. The van der Waals surface area contributed by atoms with Crippen molar-refractivity contribution >= 4 is 0 Å². The summed E-state index contributed by atoms with van der Waals surface area (Å²) in [5.41, 5.74) is 0. The number of nitrogens with one attached hydrogen (secondary N) is 1. The molecule has 0 aliphatic carbocycles. The Bertz CT molecular complexity index is 123. The number of hydrogen-bond acceptors (Lipinski definition) is 2. The van der Waals surface area contributed by atoms with Crippen LogP contribution >= 0.6 is 0 Å². The summed E-state index contributed by atoms with van der Waals surface area (Å²) in [7, 11) is 0. The molecule has 1 rings (SSSR count). The molecule has 1 atom stereocenters. The summed E-state index contributed by atoms with van der Waals surface area (Å²) in [6.07, 6.45) is 5.36. The Morgan fingerprint density at radius 2 is 2.15 bits per heavy atom. The largest absolute Gasteiger partial charge is 0.314 e. The Labute approximate surface area is 82.7 Å². The van der Waals surface area contributed by atoms with Crippen molar-refractivity contribution in [1.82, 2.24) is 10.2 Å². The van der Waals surface area contributed by atoms with Gasteiger partial charge in [0.2, 0.25) is 0 Å². The van der Waals surface area contributed by atoms with Crippen LogP contribution in [0.15, 0.2) is 0 Å². The lowest BCUT2D eigenvalue weighted by atomic mass is 10.1. The average molecular weight is 184 g/mol. The van der Waals surface area contributed by atoms with E-state index in [-0.39, 0.29) is 0 Å². The second-order valence-electron chi connectivity index (χ2n) is 4.04. The standard InChI is InChI=1S/C11H24N2/c1-3-5-8-13-9-7-12-10-11(13)6-4-2/h11-12H,3-10H2,1-2H3. The number of unbranched alkanes of at least 4 members (excludes halogenated alkanes) is 1. The van der Waals surface area contributed by atoms with Crippen LogP contribution in [-0.2, 0) is 0 Å². The Balaban J connectivity index is 2.28. The van der Waals surface area contributed by atoms with Crippen molar-refractivity contribution in [3.8, 4) is 0 Å². The monoisotopic (exact) mass is 184 g/mol. The molecule has 0 bridgehead atoms. The molecular formula is C11H24N2. The zero-order chi connectivity index (χ0) is 9.52. The van der Waals surface area contributed by atoms with E-state index in [0.29, 0.717) is 0 Å². The molecule has 1 saturated heterocycles. The highest BCUT2D eigenvalue weighted by Gasteiger charge is 2.19. The number of hydrogen-bond donors (Lipinski definition) is 1. The summed E-state index contributed by atoms with van der Waals surface area (Å²) >= 11 is 0. The van der Waals surface area contributed by atoms with E-state index >= 15 is 0 Å². The summed E-state index contributed by atoms with van der Waals surface area (Å²) in [4.78, 5) is 2.67. The van der Waals surface area contributed by atoms with Gasteiger partial charge in [0.1, 0.15) is 0 Å². The Morgan fingerprint density at radius 1 is 1.31 bits per heavy atom. The molecule has 1 aliphatic heterocycles. The van der Waals surface area contributed by atoms with E-state index in [1.54, 1.807) is 0 Å². The molecule has 0 spiro atoms. The van der Waals surface area contributed by atoms with E-state index in [0.717, 1.165) is 6.04 Å². The molecule has 2 nitrogen and oxygen atoms in total. The minimum Gasteiger partial charge on any atom is -0.314 e. The predicted molar refractivity (Wildman–Crippen MR) is 58.0 cm³/mol. The molecule has 1 fully saturated rings. The zero-order valence-corrected chi connectivity index (χ0v) is 9.18. The van der Waals surface area contributed by atoms with Crippen LogP contribution in [0.5, 0.6) is 0 Å². The molecule has 1 N–H and O–H groups in total. The number of rotatable bonds is 5. The first-order valence-corrected chi connectivity index (χ1v) is 5.83. The van der Waals surface area contributed by atoms with Gasteiger partial charge in [0.15, 0.2) is 0 Å². The summed E-state index contributed by atoms with van der Waals surface area (Å²) in [6.45, 7) is 9.51. The van der Waals surface area contributed by atoms with Crippen LogP contribution < -0.4 is 5.32 Å². The van der Waals surface area contributed by atoms with Crippen molar-refractivity contribution in [3.05, 3.63) is 0 Å². The fourth-order valence-electron chi connectivity index (χ4n) is 2.08. The molecule has 0 radical (unpaired) electrons. The van der Waals surface area contributed by atoms with Crippen LogP contribution in [0.25, 0.3) is 0 Å². The van der Waals surface area contributed by atoms with Crippen molar-refractivity contribution in [1.29, 1.82) is 0 Å². The van der Waals surface area contributed by atoms with Gasteiger partial charge in [-0.05, 0) is 19.4 Å². The molecule has 0 aromatic heterocycles. The molecule has 1 aliphatic rings. The number of piperazine rings is 1. The summed E-state index contributed by atoms with van der Waals surface area (Å²) in [6, 6.07) is 0.810. The van der Waals surface area contributed by atoms with Crippen molar-refractivity contribution < 1.29 is 0 Å². The van der Waals surface area contributed by atoms with Gasteiger partial charge in [0.25, 0.3) is 0 Å². The molecule has 78 valence electrons. The second kappa shape index (κ2) is 6.39. The van der Waals surface area contributed by atoms with Gasteiger partial charge in [0, 0.05) is 25.7 Å². The van der Waals surface area contributed by atoms with Crippen LogP contribution in [0.3, 0.4) is 0 Å². The minimum absolute atomic E-state index is 0.810. The van der Waals surface area contributed by atoms with E-state index in [1.165, 1.54) is 51.9 Å². The third-order valence-electron chi connectivity index (χ3n) is 2.89. The van der Waals surface area contributed by atoms with Gasteiger partial charge in [-0.1, -0.05) is 26.7 Å².